The molecule has 3 aromatic heterocycles. The van der Waals surface area contributed by atoms with E-state index in [1.54, 1.807) is 12.2 Å². The third kappa shape index (κ3) is 3.19. The van der Waals surface area contributed by atoms with Crippen LogP contribution in [0.5, 0.6) is 0 Å². The zero-order valence-electron chi connectivity index (χ0n) is 12.9. The first-order valence-corrected chi connectivity index (χ1v) is 7.89. The molecule has 1 N–H and O–H groups in total. The monoisotopic (exact) mass is 356 g/mol. The summed E-state index contributed by atoms with van der Waals surface area (Å²) < 4.78 is 1.13. The topological polar surface area (TPSA) is 124 Å². The molecule has 9 nitrogen and oxygen atoms in total. The fraction of sp³-hybridized carbons (Fsp3) is 0.133. The molecule has 3 heterocycles. The SMILES string of the molecule is C=Cc1nc(Cn2nc(CC(=O)O)c3nncnc3c2=O)sc1C=C. The van der Waals surface area contributed by atoms with Gasteiger partial charge < -0.3 is 5.11 Å². The molecule has 3 aromatic rings. The lowest BCUT2D eigenvalue weighted by Gasteiger charge is -2.07. The van der Waals surface area contributed by atoms with Crippen molar-refractivity contribution < 1.29 is 9.90 Å². The van der Waals surface area contributed by atoms with E-state index in [-0.39, 0.29) is 23.3 Å². The van der Waals surface area contributed by atoms with Gasteiger partial charge in [-0.1, -0.05) is 13.2 Å². The first-order chi connectivity index (χ1) is 12.0. The first kappa shape index (κ1) is 16.6. The molecule has 3 rings (SSSR count). The molecule has 0 aliphatic carbocycles. The molecule has 10 heteroatoms. The van der Waals surface area contributed by atoms with Crippen LogP contribution in [0, 0.1) is 0 Å². The van der Waals surface area contributed by atoms with E-state index in [0.717, 1.165) is 15.9 Å². The molecule has 25 heavy (non-hydrogen) atoms. The van der Waals surface area contributed by atoms with Crippen LogP contribution in [0.15, 0.2) is 24.3 Å². The second-order valence-corrected chi connectivity index (χ2v) is 6.02. The number of carboxylic acids is 1. The normalized spacial score (nSPS) is 10.7. The number of carboxylic acid groups (broad SMARTS) is 1. The van der Waals surface area contributed by atoms with E-state index in [0.29, 0.717) is 10.7 Å². The van der Waals surface area contributed by atoms with Gasteiger partial charge in [0.2, 0.25) is 0 Å². The number of thiazole rings is 1. The Labute approximate surface area is 145 Å². The van der Waals surface area contributed by atoms with E-state index in [9.17, 15) is 9.59 Å². The molecule has 0 fully saturated rings. The number of fused-ring (bicyclic) bond motifs is 1. The summed E-state index contributed by atoms with van der Waals surface area (Å²) in [6.07, 6.45) is 3.99. The molecule has 0 bridgehead atoms. The van der Waals surface area contributed by atoms with Gasteiger partial charge >= 0.3 is 5.97 Å². The molecule has 0 aliphatic heterocycles. The minimum Gasteiger partial charge on any atom is -0.481 e. The van der Waals surface area contributed by atoms with E-state index < -0.39 is 17.9 Å². The Morgan fingerprint density at radius 1 is 1.32 bits per heavy atom. The molecular weight excluding hydrogens is 344 g/mol. The molecule has 0 aliphatic rings. The highest BCUT2D eigenvalue weighted by Gasteiger charge is 2.17. The van der Waals surface area contributed by atoms with Crippen molar-refractivity contribution in [3.8, 4) is 0 Å². The van der Waals surface area contributed by atoms with Crippen molar-refractivity contribution in [2.75, 3.05) is 0 Å². The van der Waals surface area contributed by atoms with Gasteiger partial charge in [-0.15, -0.1) is 21.5 Å². The lowest BCUT2D eigenvalue weighted by molar-refractivity contribution is -0.136. The van der Waals surface area contributed by atoms with E-state index in [1.807, 2.05) is 0 Å². The van der Waals surface area contributed by atoms with Gasteiger partial charge in [0.1, 0.15) is 22.5 Å². The fourth-order valence-corrected chi connectivity index (χ4v) is 3.14. The molecule has 0 saturated heterocycles. The van der Waals surface area contributed by atoms with Crippen molar-refractivity contribution in [2.45, 2.75) is 13.0 Å². The summed E-state index contributed by atoms with van der Waals surface area (Å²) in [5.41, 5.74) is 0.398. The summed E-state index contributed by atoms with van der Waals surface area (Å²) in [5.74, 6) is -1.10. The molecule has 0 spiro atoms. The summed E-state index contributed by atoms with van der Waals surface area (Å²) in [6, 6.07) is 0. The second-order valence-electron chi connectivity index (χ2n) is 4.90. The van der Waals surface area contributed by atoms with Crippen molar-refractivity contribution in [1.29, 1.82) is 0 Å². The maximum atomic E-state index is 12.6. The minimum absolute atomic E-state index is 0.0192. The number of aromatic nitrogens is 6. The predicted molar refractivity (Wildman–Crippen MR) is 92.1 cm³/mol. The number of hydrogen-bond acceptors (Lipinski definition) is 8. The zero-order chi connectivity index (χ0) is 18.0. The van der Waals surface area contributed by atoms with Gasteiger partial charge in [-0.3, -0.25) is 9.59 Å². The van der Waals surface area contributed by atoms with Gasteiger partial charge in [-0.25, -0.2) is 14.6 Å². The average Bonchev–Trinajstić information content (AvgIpc) is 3.00. The molecular formula is C15H12N6O3S. The van der Waals surface area contributed by atoms with Crippen molar-refractivity contribution in [1.82, 2.24) is 29.9 Å². The van der Waals surface area contributed by atoms with Gasteiger partial charge in [0.05, 0.1) is 23.5 Å². The third-order valence-corrected chi connectivity index (χ3v) is 4.33. The Morgan fingerprint density at radius 2 is 2.12 bits per heavy atom. The molecule has 0 amide bonds. The maximum Gasteiger partial charge on any atom is 0.309 e. The highest BCUT2D eigenvalue weighted by atomic mass is 32.1. The lowest BCUT2D eigenvalue weighted by atomic mass is 10.2. The molecule has 126 valence electrons. The van der Waals surface area contributed by atoms with Gasteiger partial charge in [-0.05, 0) is 12.2 Å². The van der Waals surface area contributed by atoms with Crippen LogP contribution in [-0.4, -0.2) is 41.0 Å². The van der Waals surface area contributed by atoms with Gasteiger partial charge in [0, 0.05) is 0 Å². The van der Waals surface area contributed by atoms with Crippen molar-refractivity contribution >= 4 is 40.5 Å². The molecule has 0 radical (unpaired) electrons. The number of hydrogen-bond donors (Lipinski definition) is 1. The highest BCUT2D eigenvalue weighted by Crippen LogP contribution is 2.21. The average molecular weight is 356 g/mol. The van der Waals surface area contributed by atoms with Crippen molar-refractivity contribution in [2.24, 2.45) is 0 Å². The third-order valence-electron chi connectivity index (χ3n) is 3.28. The molecule has 0 atom stereocenters. The smallest absolute Gasteiger partial charge is 0.309 e. The van der Waals surface area contributed by atoms with E-state index in [4.69, 9.17) is 5.11 Å². The summed E-state index contributed by atoms with van der Waals surface area (Å²) in [6.45, 7) is 7.47. The van der Waals surface area contributed by atoms with Crippen LogP contribution < -0.4 is 5.56 Å². The standard InChI is InChI=1S/C15H12N6O3S/c1-3-8-10(4-2)25-11(18-8)6-21-15(24)14-13(19-17-7-16-14)9(20-21)5-12(22)23/h3-4,7H,1-2,5-6H2,(H,22,23). The number of carbonyl (C=O) groups is 1. The van der Waals surface area contributed by atoms with Crippen molar-refractivity contribution in [3.63, 3.8) is 0 Å². The number of rotatable bonds is 6. The highest BCUT2D eigenvalue weighted by molar-refractivity contribution is 7.12. The first-order valence-electron chi connectivity index (χ1n) is 7.07. The van der Waals surface area contributed by atoms with Crippen LogP contribution in [0.25, 0.3) is 23.2 Å². The van der Waals surface area contributed by atoms with E-state index in [1.165, 1.54) is 11.3 Å². The fourth-order valence-electron chi connectivity index (χ4n) is 2.24. The zero-order valence-corrected chi connectivity index (χ0v) is 13.7. The van der Waals surface area contributed by atoms with Crippen LogP contribution >= 0.6 is 11.3 Å². The lowest BCUT2D eigenvalue weighted by Crippen LogP contribution is -2.27. The van der Waals surface area contributed by atoms with Crippen molar-refractivity contribution in [3.05, 3.63) is 51.1 Å². The van der Waals surface area contributed by atoms with Gasteiger partial charge in [0.15, 0.2) is 5.52 Å². The van der Waals surface area contributed by atoms with Crippen LogP contribution in [0.4, 0.5) is 0 Å². The predicted octanol–water partition coefficient (Wildman–Crippen LogP) is 0.999. The van der Waals surface area contributed by atoms with Crippen LogP contribution in [0.1, 0.15) is 21.3 Å². The van der Waals surface area contributed by atoms with E-state index in [2.05, 4.69) is 38.4 Å². The number of nitrogens with zero attached hydrogens (tertiary/aromatic N) is 6. The van der Waals surface area contributed by atoms with Gasteiger partial charge in [0.25, 0.3) is 5.56 Å². The van der Waals surface area contributed by atoms with Crippen LogP contribution in [0.2, 0.25) is 0 Å². The molecule has 0 saturated carbocycles. The summed E-state index contributed by atoms with van der Waals surface area (Å²) in [4.78, 5) is 32.7. The Kier molecular flexibility index (Phi) is 4.44. The Bertz CT molecular complexity index is 1030. The Balaban J connectivity index is 2.12. The largest absolute Gasteiger partial charge is 0.481 e. The summed E-state index contributed by atoms with van der Waals surface area (Å²) in [5, 5.41) is 21.2. The second kappa shape index (κ2) is 6.69. The molecule has 0 aromatic carbocycles. The summed E-state index contributed by atoms with van der Waals surface area (Å²) >= 11 is 1.35. The molecule has 0 unspecified atom stereocenters. The Morgan fingerprint density at radius 3 is 2.76 bits per heavy atom. The van der Waals surface area contributed by atoms with Crippen LogP contribution in [-0.2, 0) is 17.8 Å². The van der Waals surface area contributed by atoms with E-state index >= 15 is 0 Å². The Hall–Kier alpha value is -3.27. The summed E-state index contributed by atoms with van der Waals surface area (Å²) in [7, 11) is 0. The number of aliphatic carboxylic acids is 1. The quantitative estimate of drug-likeness (QED) is 0.694. The van der Waals surface area contributed by atoms with Crippen LogP contribution in [0.3, 0.4) is 0 Å². The minimum atomic E-state index is -1.10. The van der Waals surface area contributed by atoms with Gasteiger partial charge in [-0.2, -0.15) is 5.10 Å². The maximum absolute atomic E-state index is 12.6.